The maximum Gasteiger partial charge on any atom is 0.226 e. The monoisotopic (exact) mass is 230 g/mol. The molecule has 5 heteroatoms. The van der Waals surface area contributed by atoms with Crippen LogP contribution in [0.4, 0.5) is 11.8 Å². The zero-order valence-electron chi connectivity index (χ0n) is 9.77. The highest BCUT2D eigenvalue weighted by atomic mass is 16.5. The first-order chi connectivity index (χ1) is 8.19. The van der Waals surface area contributed by atoms with Gasteiger partial charge in [-0.05, 0) is 18.6 Å². The quantitative estimate of drug-likeness (QED) is 0.845. The lowest BCUT2D eigenvalue weighted by Gasteiger charge is -2.09. The van der Waals surface area contributed by atoms with Gasteiger partial charge >= 0.3 is 0 Å². The molecule has 1 aromatic heterocycles. The zero-order valence-corrected chi connectivity index (χ0v) is 9.77. The van der Waals surface area contributed by atoms with Gasteiger partial charge in [0.05, 0.1) is 0 Å². The first kappa shape index (κ1) is 11.2. The van der Waals surface area contributed by atoms with Gasteiger partial charge in [0.25, 0.3) is 0 Å². The van der Waals surface area contributed by atoms with Crippen LogP contribution in [0, 0.1) is 6.92 Å². The number of hydrogen-bond donors (Lipinski definition) is 2. The number of nitrogen functional groups attached to an aromatic ring is 1. The molecule has 0 fully saturated rings. The van der Waals surface area contributed by atoms with Crippen molar-refractivity contribution in [3.63, 3.8) is 0 Å². The molecular weight excluding hydrogens is 216 g/mol. The van der Waals surface area contributed by atoms with E-state index in [1.54, 1.807) is 13.1 Å². The van der Waals surface area contributed by atoms with E-state index in [4.69, 9.17) is 10.5 Å². The van der Waals surface area contributed by atoms with Crippen molar-refractivity contribution >= 4 is 11.8 Å². The molecule has 88 valence electrons. The van der Waals surface area contributed by atoms with E-state index >= 15 is 0 Å². The van der Waals surface area contributed by atoms with Crippen molar-refractivity contribution in [1.82, 2.24) is 9.97 Å². The smallest absolute Gasteiger partial charge is 0.226 e. The highest BCUT2D eigenvalue weighted by Crippen LogP contribution is 2.24. The van der Waals surface area contributed by atoms with Gasteiger partial charge in [0.15, 0.2) is 0 Å². The number of ether oxygens (including phenoxy) is 1. The second-order valence-corrected chi connectivity index (χ2v) is 3.57. The average molecular weight is 230 g/mol. The molecule has 0 radical (unpaired) electrons. The van der Waals surface area contributed by atoms with Crippen LogP contribution in [0.1, 0.15) is 5.56 Å². The Hall–Kier alpha value is -2.30. The van der Waals surface area contributed by atoms with E-state index in [2.05, 4.69) is 15.3 Å². The highest BCUT2D eigenvalue weighted by Gasteiger charge is 2.05. The predicted molar refractivity (Wildman–Crippen MR) is 67.2 cm³/mol. The van der Waals surface area contributed by atoms with Gasteiger partial charge in [-0.2, -0.15) is 9.97 Å². The van der Waals surface area contributed by atoms with Gasteiger partial charge in [0.2, 0.25) is 11.8 Å². The molecule has 3 N–H and O–H groups in total. The molecule has 17 heavy (non-hydrogen) atoms. The summed E-state index contributed by atoms with van der Waals surface area (Å²) in [4.78, 5) is 8.01. The summed E-state index contributed by atoms with van der Waals surface area (Å²) >= 11 is 0. The summed E-state index contributed by atoms with van der Waals surface area (Å²) < 4.78 is 5.66. The summed E-state index contributed by atoms with van der Waals surface area (Å²) in [6, 6.07) is 9.41. The SMILES string of the molecule is CNc1cc(Oc2ccccc2C)nc(N)n1. The number of hydrogen-bond acceptors (Lipinski definition) is 5. The lowest BCUT2D eigenvalue weighted by atomic mass is 10.2. The Bertz CT molecular complexity index is 528. The molecule has 2 rings (SSSR count). The summed E-state index contributed by atoms with van der Waals surface area (Å²) in [6.45, 7) is 1.97. The number of aromatic nitrogens is 2. The molecule has 0 saturated heterocycles. The molecule has 5 nitrogen and oxygen atoms in total. The van der Waals surface area contributed by atoms with Crippen LogP contribution in [-0.4, -0.2) is 17.0 Å². The molecule has 1 heterocycles. The Kier molecular flexibility index (Phi) is 3.09. The van der Waals surface area contributed by atoms with Crippen LogP contribution in [0.2, 0.25) is 0 Å². The van der Waals surface area contributed by atoms with Crippen LogP contribution >= 0.6 is 0 Å². The normalized spacial score (nSPS) is 10.0. The molecule has 2 aromatic rings. The van der Waals surface area contributed by atoms with Crippen molar-refractivity contribution in [1.29, 1.82) is 0 Å². The van der Waals surface area contributed by atoms with Gasteiger partial charge in [0, 0.05) is 13.1 Å². The van der Waals surface area contributed by atoms with Crippen LogP contribution in [-0.2, 0) is 0 Å². The molecule has 0 saturated carbocycles. The van der Waals surface area contributed by atoms with Crippen LogP contribution < -0.4 is 15.8 Å². The molecule has 0 spiro atoms. The summed E-state index contributed by atoms with van der Waals surface area (Å²) in [5.41, 5.74) is 6.62. The minimum atomic E-state index is 0.181. The van der Waals surface area contributed by atoms with E-state index in [0.29, 0.717) is 11.7 Å². The number of para-hydroxylation sites is 1. The standard InChI is InChI=1S/C12H14N4O/c1-8-5-3-4-6-9(8)17-11-7-10(14-2)15-12(13)16-11/h3-7H,1-2H3,(H3,13,14,15,16). The number of rotatable bonds is 3. The largest absolute Gasteiger partial charge is 0.439 e. The fraction of sp³-hybridized carbons (Fsp3) is 0.167. The minimum absolute atomic E-state index is 0.181. The summed E-state index contributed by atoms with van der Waals surface area (Å²) in [6.07, 6.45) is 0. The minimum Gasteiger partial charge on any atom is -0.439 e. The molecule has 0 amide bonds. The zero-order chi connectivity index (χ0) is 12.3. The number of benzene rings is 1. The molecule has 1 aromatic carbocycles. The Labute approximate surface area is 99.7 Å². The van der Waals surface area contributed by atoms with E-state index in [0.717, 1.165) is 11.3 Å². The van der Waals surface area contributed by atoms with Gasteiger partial charge in [-0.25, -0.2) is 0 Å². The summed E-state index contributed by atoms with van der Waals surface area (Å²) in [5, 5.41) is 2.90. The first-order valence-electron chi connectivity index (χ1n) is 5.25. The molecule has 0 atom stereocenters. The van der Waals surface area contributed by atoms with Crippen LogP contribution in [0.15, 0.2) is 30.3 Å². The van der Waals surface area contributed by atoms with E-state index in [1.165, 1.54) is 0 Å². The lowest BCUT2D eigenvalue weighted by molar-refractivity contribution is 0.459. The van der Waals surface area contributed by atoms with Gasteiger partial charge in [-0.15, -0.1) is 0 Å². The molecule has 0 aliphatic rings. The fourth-order valence-corrected chi connectivity index (χ4v) is 1.41. The van der Waals surface area contributed by atoms with Crippen LogP contribution in [0.5, 0.6) is 11.6 Å². The number of nitrogens with zero attached hydrogens (tertiary/aromatic N) is 2. The van der Waals surface area contributed by atoms with Crippen molar-refractivity contribution in [2.45, 2.75) is 6.92 Å². The van der Waals surface area contributed by atoms with E-state index in [-0.39, 0.29) is 5.95 Å². The Morgan fingerprint density at radius 3 is 2.71 bits per heavy atom. The summed E-state index contributed by atoms with van der Waals surface area (Å²) in [7, 11) is 1.76. The maximum absolute atomic E-state index is 5.66. The number of nitrogens with one attached hydrogen (secondary N) is 1. The van der Waals surface area contributed by atoms with Gasteiger partial charge in [-0.1, -0.05) is 18.2 Å². The van der Waals surface area contributed by atoms with Crippen LogP contribution in [0.3, 0.4) is 0 Å². The molecule has 0 aliphatic carbocycles. The topological polar surface area (TPSA) is 73.1 Å². The maximum atomic E-state index is 5.66. The summed E-state index contributed by atoms with van der Waals surface area (Å²) in [5.74, 6) is 1.99. The lowest BCUT2D eigenvalue weighted by Crippen LogP contribution is -2.01. The average Bonchev–Trinajstić information content (AvgIpc) is 2.31. The van der Waals surface area contributed by atoms with E-state index < -0.39 is 0 Å². The number of anilines is 2. The van der Waals surface area contributed by atoms with E-state index in [1.807, 2.05) is 31.2 Å². The Morgan fingerprint density at radius 2 is 2.00 bits per heavy atom. The van der Waals surface area contributed by atoms with Crippen LogP contribution in [0.25, 0.3) is 0 Å². The van der Waals surface area contributed by atoms with Crippen molar-refractivity contribution < 1.29 is 4.74 Å². The molecule has 0 bridgehead atoms. The molecule has 0 unspecified atom stereocenters. The van der Waals surface area contributed by atoms with Gasteiger partial charge in [-0.3, -0.25) is 0 Å². The van der Waals surface area contributed by atoms with Gasteiger partial charge in [0.1, 0.15) is 11.6 Å². The number of aryl methyl sites for hydroxylation is 1. The number of nitrogens with two attached hydrogens (primary N) is 1. The van der Waals surface area contributed by atoms with Crippen molar-refractivity contribution in [2.24, 2.45) is 0 Å². The fourth-order valence-electron chi connectivity index (χ4n) is 1.41. The Balaban J connectivity index is 2.30. The molecular formula is C12H14N4O. The van der Waals surface area contributed by atoms with Crippen molar-refractivity contribution in [3.05, 3.63) is 35.9 Å². The third-order valence-electron chi connectivity index (χ3n) is 2.28. The van der Waals surface area contributed by atoms with Crippen molar-refractivity contribution in [2.75, 3.05) is 18.1 Å². The highest BCUT2D eigenvalue weighted by molar-refractivity contribution is 5.44. The van der Waals surface area contributed by atoms with Crippen molar-refractivity contribution in [3.8, 4) is 11.6 Å². The van der Waals surface area contributed by atoms with E-state index in [9.17, 15) is 0 Å². The Morgan fingerprint density at radius 1 is 1.24 bits per heavy atom. The molecule has 0 aliphatic heterocycles. The predicted octanol–water partition coefficient (Wildman–Crippen LogP) is 2.20. The van der Waals surface area contributed by atoms with Gasteiger partial charge < -0.3 is 15.8 Å². The second-order valence-electron chi connectivity index (χ2n) is 3.57. The second kappa shape index (κ2) is 4.69. The third-order valence-corrected chi connectivity index (χ3v) is 2.28. The first-order valence-corrected chi connectivity index (χ1v) is 5.25. The third kappa shape index (κ3) is 2.63.